The van der Waals surface area contributed by atoms with Gasteiger partial charge in [-0.05, 0) is 47.9 Å². The monoisotopic (exact) mass is 628 g/mol. The summed E-state index contributed by atoms with van der Waals surface area (Å²) in [6, 6.07) is 7.39. The van der Waals surface area contributed by atoms with Gasteiger partial charge in [0.2, 0.25) is 0 Å². The maximum absolute atomic E-state index is 10.9. The number of halogens is 1. The Kier molecular flexibility index (Phi) is 12.4. The molecule has 3 rings (SSSR count). The van der Waals surface area contributed by atoms with Crippen molar-refractivity contribution in [2.24, 2.45) is 9.98 Å². The number of rotatable bonds is 6. The maximum Gasteiger partial charge on any atom is 0.128 e. The van der Waals surface area contributed by atoms with Crippen molar-refractivity contribution in [3.05, 3.63) is 46.5 Å². The Morgan fingerprint density at radius 3 is 1.34 bits per heavy atom. The summed E-state index contributed by atoms with van der Waals surface area (Å²) in [5.41, 5.74) is 2.47. The van der Waals surface area contributed by atoms with Crippen LogP contribution in [0.3, 0.4) is 0 Å². The SMILES string of the molecule is COc1cc(C=N[C@@H]2CCCC[C@H]2N=Cc2cc(OC)cc(C(C)(C)C)c2O)c(O)c(C(C)(C)C)c1.[Br-].[Mn]. The molecule has 6 nitrogen and oxygen atoms in total. The van der Waals surface area contributed by atoms with Gasteiger partial charge in [0.05, 0.1) is 26.3 Å². The zero-order valence-corrected chi connectivity index (χ0v) is 26.6. The molecule has 1 fully saturated rings. The Balaban J connectivity index is 0.00000361. The first-order valence-corrected chi connectivity index (χ1v) is 12.7. The molecule has 1 radical (unpaired) electrons. The van der Waals surface area contributed by atoms with Gasteiger partial charge >= 0.3 is 0 Å². The number of aromatic hydroxyl groups is 2. The first kappa shape index (κ1) is 34.0. The zero-order valence-electron chi connectivity index (χ0n) is 23.8. The van der Waals surface area contributed by atoms with E-state index in [0.717, 1.165) is 36.8 Å². The summed E-state index contributed by atoms with van der Waals surface area (Å²) in [4.78, 5) is 9.76. The molecule has 0 saturated heterocycles. The summed E-state index contributed by atoms with van der Waals surface area (Å²) in [6.07, 6.45) is 7.53. The number of hydrogen-bond donors (Lipinski definition) is 2. The molecule has 0 bridgehead atoms. The van der Waals surface area contributed by atoms with Crippen LogP contribution in [0, 0.1) is 0 Å². The average Bonchev–Trinajstić information content (AvgIpc) is 2.81. The molecule has 0 heterocycles. The van der Waals surface area contributed by atoms with E-state index in [1.54, 1.807) is 26.6 Å². The minimum absolute atomic E-state index is 0. The van der Waals surface area contributed by atoms with Crippen molar-refractivity contribution in [1.29, 1.82) is 0 Å². The van der Waals surface area contributed by atoms with Crippen molar-refractivity contribution in [3.8, 4) is 23.0 Å². The van der Waals surface area contributed by atoms with Crippen molar-refractivity contribution < 1.29 is 53.7 Å². The number of phenolic OH excluding ortho intramolecular Hbond substituents is 2. The summed E-state index contributed by atoms with van der Waals surface area (Å²) < 4.78 is 11.0. The van der Waals surface area contributed by atoms with E-state index in [9.17, 15) is 10.2 Å². The number of ether oxygens (including phenoxy) is 2. The summed E-state index contributed by atoms with van der Waals surface area (Å²) in [7, 11) is 3.26. The largest absolute Gasteiger partial charge is 1.00 e. The zero-order chi connectivity index (χ0) is 26.7. The molecule has 2 atom stereocenters. The van der Waals surface area contributed by atoms with Crippen LogP contribution in [0.15, 0.2) is 34.3 Å². The van der Waals surface area contributed by atoms with E-state index in [2.05, 4.69) is 41.5 Å². The van der Waals surface area contributed by atoms with E-state index in [-0.39, 0.29) is 68.5 Å². The summed E-state index contributed by atoms with van der Waals surface area (Å²) in [6.45, 7) is 12.4. The smallest absolute Gasteiger partial charge is 0.128 e. The van der Waals surface area contributed by atoms with Gasteiger partial charge in [0.1, 0.15) is 23.0 Å². The second kappa shape index (κ2) is 13.9. The molecule has 1 saturated carbocycles. The number of nitrogens with zero attached hydrogens (tertiary/aromatic N) is 2. The normalized spacial score (nSPS) is 18.2. The van der Waals surface area contributed by atoms with E-state index in [1.165, 1.54) is 0 Å². The fourth-order valence-electron chi connectivity index (χ4n) is 4.63. The van der Waals surface area contributed by atoms with Crippen LogP contribution < -0.4 is 26.5 Å². The average molecular weight is 630 g/mol. The minimum atomic E-state index is -0.233. The number of aliphatic imine (C=N–C) groups is 2. The van der Waals surface area contributed by atoms with Gasteiger partial charge in [-0.1, -0.05) is 54.4 Å². The first-order valence-electron chi connectivity index (χ1n) is 12.7. The summed E-state index contributed by atoms with van der Waals surface area (Å²) >= 11 is 0. The molecule has 1 aliphatic carbocycles. The molecule has 0 spiro atoms. The number of hydrogen-bond acceptors (Lipinski definition) is 6. The molecule has 211 valence electrons. The molecular formula is C30H42BrMnN2O4-. The number of phenols is 2. The number of benzene rings is 2. The Labute approximate surface area is 249 Å². The van der Waals surface area contributed by atoms with Crippen LogP contribution in [0.25, 0.3) is 0 Å². The molecule has 2 aromatic rings. The van der Waals surface area contributed by atoms with Gasteiger partial charge in [0.15, 0.2) is 0 Å². The quantitative estimate of drug-likeness (QED) is 0.379. The van der Waals surface area contributed by atoms with Gasteiger partial charge in [-0.3, -0.25) is 9.98 Å². The van der Waals surface area contributed by atoms with E-state index in [4.69, 9.17) is 19.5 Å². The van der Waals surface area contributed by atoms with Crippen molar-refractivity contribution in [1.82, 2.24) is 0 Å². The Bertz CT molecular complexity index is 1050. The summed E-state index contributed by atoms with van der Waals surface area (Å²) in [5.74, 6) is 1.86. The van der Waals surface area contributed by atoms with Crippen LogP contribution in [0.5, 0.6) is 23.0 Å². The van der Waals surface area contributed by atoms with Crippen molar-refractivity contribution >= 4 is 12.4 Å². The van der Waals surface area contributed by atoms with Gasteiger partial charge in [0, 0.05) is 51.8 Å². The third kappa shape index (κ3) is 8.24. The van der Waals surface area contributed by atoms with Crippen LogP contribution in [0.4, 0.5) is 0 Å². The fraction of sp³-hybridized carbons (Fsp3) is 0.533. The standard InChI is InChI=1S/C30H42N2O4.BrH.Mn/c1-29(2,3)23-15-21(35-7)13-19(27(23)33)17-31-25-11-9-10-12-26(25)32-18-20-14-22(36-8)16-24(28(20)34)30(4,5)6;;/h13-18,25-26,33-34H,9-12H2,1-8H3;1H;/p-1/t25-,26-;;/m1../s1. The third-order valence-electron chi connectivity index (χ3n) is 6.82. The molecule has 0 unspecified atom stereocenters. The van der Waals surface area contributed by atoms with E-state index in [1.807, 2.05) is 24.3 Å². The second-order valence-corrected chi connectivity index (χ2v) is 11.7. The van der Waals surface area contributed by atoms with Crippen LogP contribution in [0.1, 0.15) is 89.5 Å². The molecule has 2 N–H and O–H groups in total. The Morgan fingerprint density at radius 1 is 0.711 bits per heavy atom. The van der Waals surface area contributed by atoms with Gasteiger partial charge in [-0.25, -0.2) is 0 Å². The Hall–Kier alpha value is -2.02. The molecule has 0 aliphatic heterocycles. The van der Waals surface area contributed by atoms with Gasteiger partial charge in [-0.2, -0.15) is 0 Å². The van der Waals surface area contributed by atoms with Gasteiger partial charge in [-0.15, -0.1) is 0 Å². The molecule has 1 aliphatic rings. The van der Waals surface area contributed by atoms with Gasteiger partial charge < -0.3 is 36.7 Å². The third-order valence-corrected chi connectivity index (χ3v) is 6.82. The molecular weight excluding hydrogens is 587 g/mol. The van der Waals surface area contributed by atoms with E-state index in [0.29, 0.717) is 22.6 Å². The molecule has 0 amide bonds. The predicted molar refractivity (Wildman–Crippen MR) is 148 cm³/mol. The molecule has 8 heteroatoms. The Morgan fingerprint density at radius 2 is 1.05 bits per heavy atom. The number of methoxy groups -OCH3 is 2. The van der Waals surface area contributed by atoms with Crippen LogP contribution in [0.2, 0.25) is 0 Å². The second-order valence-electron chi connectivity index (χ2n) is 11.7. The van der Waals surface area contributed by atoms with E-state index < -0.39 is 0 Å². The fourth-order valence-corrected chi connectivity index (χ4v) is 4.63. The summed E-state index contributed by atoms with van der Waals surface area (Å²) in [5, 5.41) is 21.9. The first-order chi connectivity index (χ1) is 16.8. The van der Waals surface area contributed by atoms with Gasteiger partial charge in [0.25, 0.3) is 0 Å². The predicted octanol–water partition coefficient (Wildman–Crippen LogP) is 3.56. The van der Waals surface area contributed by atoms with Crippen molar-refractivity contribution in [2.45, 2.75) is 90.1 Å². The topological polar surface area (TPSA) is 83.6 Å². The van der Waals surface area contributed by atoms with E-state index >= 15 is 0 Å². The minimum Gasteiger partial charge on any atom is -1.00 e. The maximum atomic E-state index is 10.9. The molecule has 38 heavy (non-hydrogen) atoms. The van der Waals surface area contributed by atoms with Crippen molar-refractivity contribution in [2.75, 3.05) is 14.2 Å². The van der Waals surface area contributed by atoms with Crippen LogP contribution >= 0.6 is 0 Å². The molecule has 2 aromatic carbocycles. The molecule has 0 aromatic heterocycles. The van der Waals surface area contributed by atoms with Crippen LogP contribution in [-0.2, 0) is 27.9 Å². The van der Waals surface area contributed by atoms with Crippen LogP contribution in [-0.4, -0.2) is 48.9 Å². The van der Waals surface area contributed by atoms with Crippen molar-refractivity contribution in [3.63, 3.8) is 0 Å².